The molecule has 0 radical (unpaired) electrons. The number of nitrogens with zero attached hydrogens (tertiary/aromatic N) is 1. The van der Waals surface area contributed by atoms with Crippen molar-refractivity contribution in [3.8, 4) is 0 Å². The number of hydrogen-bond donors (Lipinski definition) is 2. The van der Waals surface area contributed by atoms with E-state index in [0.717, 1.165) is 30.4 Å². The lowest BCUT2D eigenvalue weighted by Crippen LogP contribution is -2.24. The van der Waals surface area contributed by atoms with Crippen LogP contribution in [0.1, 0.15) is 23.2 Å². The van der Waals surface area contributed by atoms with Crippen molar-refractivity contribution in [1.82, 2.24) is 15.5 Å². The largest absolute Gasteiger partial charge is 0.385 e. The van der Waals surface area contributed by atoms with Gasteiger partial charge in [-0.2, -0.15) is 5.10 Å². The number of benzene rings is 1. The number of hydrogen-bond acceptors (Lipinski definition) is 3. The number of amides is 1. The molecule has 2 N–H and O–H groups in total. The summed E-state index contributed by atoms with van der Waals surface area (Å²) in [5.74, 6) is -0.0519. The van der Waals surface area contributed by atoms with Gasteiger partial charge in [0.25, 0.3) is 5.91 Å². The molecule has 2 aromatic rings. The fourth-order valence-corrected chi connectivity index (χ4v) is 1.75. The van der Waals surface area contributed by atoms with E-state index in [1.54, 1.807) is 13.3 Å². The van der Waals surface area contributed by atoms with E-state index < -0.39 is 0 Å². The van der Waals surface area contributed by atoms with Gasteiger partial charge in [-0.05, 0) is 25.0 Å². The zero-order chi connectivity index (χ0) is 12.8. The van der Waals surface area contributed by atoms with E-state index in [0.29, 0.717) is 12.1 Å². The van der Waals surface area contributed by atoms with Gasteiger partial charge in [-0.25, -0.2) is 0 Å². The Labute approximate surface area is 106 Å². The van der Waals surface area contributed by atoms with Crippen molar-refractivity contribution in [3.05, 3.63) is 30.0 Å². The molecule has 0 fully saturated rings. The van der Waals surface area contributed by atoms with Gasteiger partial charge in [-0.1, -0.05) is 6.07 Å². The van der Waals surface area contributed by atoms with Crippen LogP contribution in [0.25, 0.3) is 10.9 Å². The van der Waals surface area contributed by atoms with E-state index in [1.165, 1.54) is 0 Å². The van der Waals surface area contributed by atoms with Crippen LogP contribution < -0.4 is 5.32 Å². The maximum absolute atomic E-state index is 11.9. The molecular weight excluding hydrogens is 230 g/mol. The zero-order valence-electron chi connectivity index (χ0n) is 10.4. The minimum atomic E-state index is -0.0519. The number of aromatic amines is 1. The molecule has 1 heterocycles. The average molecular weight is 247 g/mol. The lowest BCUT2D eigenvalue weighted by Gasteiger charge is -2.05. The number of rotatable bonds is 6. The Morgan fingerprint density at radius 2 is 2.33 bits per heavy atom. The van der Waals surface area contributed by atoms with Crippen LogP contribution in [0.2, 0.25) is 0 Å². The number of carbonyl (C=O) groups excluding carboxylic acids is 1. The van der Waals surface area contributed by atoms with Crippen LogP contribution in [0.3, 0.4) is 0 Å². The Bertz CT molecular complexity index is 522. The molecule has 18 heavy (non-hydrogen) atoms. The van der Waals surface area contributed by atoms with Crippen molar-refractivity contribution in [2.24, 2.45) is 0 Å². The van der Waals surface area contributed by atoms with Crippen molar-refractivity contribution >= 4 is 16.8 Å². The molecule has 1 aromatic heterocycles. The van der Waals surface area contributed by atoms with E-state index in [9.17, 15) is 4.79 Å². The first-order chi connectivity index (χ1) is 8.81. The number of unbranched alkanes of at least 4 members (excludes halogenated alkanes) is 1. The van der Waals surface area contributed by atoms with Crippen LogP contribution >= 0.6 is 0 Å². The van der Waals surface area contributed by atoms with Crippen LogP contribution in [0.5, 0.6) is 0 Å². The van der Waals surface area contributed by atoms with Gasteiger partial charge in [-0.3, -0.25) is 9.89 Å². The zero-order valence-corrected chi connectivity index (χ0v) is 10.4. The Morgan fingerprint density at radius 1 is 1.44 bits per heavy atom. The molecule has 96 valence electrons. The molecule has 1 amide bonds. The standard InChI is InChI=1S/C13H17N3O2/c1-18-7-3-2-6-14-13(17)10-4-5-11-9-15-16-12(11)8-10/h4-5,8-9H,2-3,6-7H2,1H3,(H,14,17)(H,15,16). The molecule has 5 nitrogen and oxygen atoms in total. The van der Waals surface area contributed by atoms with Crippen molar-refractivity contribution in [1.29, 1.82) is 0 Å². The van der Waals surface area contributed by atoms with Crippen molar-refractivity contribution < 1.29 is 9.53 Å². The van der Waals surface area contributed by atoms with E-state index >= 15 is 0 Å². The van der Waals surface area contributed by atoms with Gasteiger partial charge in [0.05, 0.1) is 11.7 Å². The summed E-state index contributed by atoms with van der Waals surface area (Å²) in [4.78, 5) is 11.9. The second-order valence-corrected chi connectivity index (χ2v) is 4.13. The van der Waals surface area contributed by atoms with Gasteiger partial charge in [0.15, 0.2) is 0 Å². The Hall–Kier alpha value is -1.88. The van der Waals surface area contributed by atoms with Crippen LogP contribution in [0.4, 0.5) is 0 Å². The summed E-state index contributed by atoms with van der Waals surface area (Å²) in [6.45, 7) is 1.40. The van der Waals surface area contributed by atoms with Gasteiger partial charge in [-0.15, -0.1) is 0 Å². The first kappa shape index (κ1) is 12.6. The molecule has 0 saturated heterocycles. The molecule has 0 aliphatic rings. The average Bonchev–Trinajstić information content (AvgIpc) is 2.85. The fraction of sp³-hybridized carbons (Fsp3) is 0.385. The molecule has 0 saturated carbocycles. The van der Waals surface area contributed by atoms with E-state index in [2.05, 4.69) is 15.5 Å². The van der Waals surface area contributed by atoms with Gasteiger partial charge < -0.3 is 10.1 Å². The quantitative estimate of drug-likeness (QED) is 0.764. The third kappa shape index (κ3) is 3.07. The third-order valence-corrected chi connectivity index (χ3v) is 2.76. The molecule has 0 aliphatic carbocycles. The van der Waals surface area contributed by atoms with Gasteiger partial charge in [0.2, 0.25) is 0 Å². The molecule has 0 unspecified atom stereocenters. The highest BCUT2D eigenvalue weighted by atomic mass is 16.5. The summed E-state index contributed by atoms with van der Waals surface area (Å²) in [5, 5.41) is 10.7. The van der Waals surface area contributed by atoms with E-state index in [4.69, 9.17) is 4.74 Å². The second kappa shape index (κ2) is 6.16. The van der Waals surface area contributed by atoms with Gasteiger partial charge in [0, 0.05) is 31.2 Å². The fourth-order valence-electron chi connectivity index (χ4n) is 1.75. The summed E-state index contributed by atoms with van der Waals surface area (Å²) in [5.41, 5.74) is 1.53. The molecule has 0 spiro atoms. The smallest absolute Gasteiger partial charge is 0.251 e. The summed E-state index contributed by atoms with van der Waals surface area (Å²) in [6.07, 6.45) is 3.62. The van der Waals surface area contributed by atoms with Gasteiger partial charge in [0.1, 0.15) is 0 Å². The van der Waals surface area contributed by atoms with Crippen LogP contribution in [-0.2, 0) is 4.74 Å². The van der Waals surface area contributed by atoms with Crippen LogP contribution in [0.15, 0.2) is 24.4 Å². The van der Waals surface area contributed by atoms with Crippen molar-refractivity contribution in [2.75, 3.05) is 20.3 Å². The predicted molar refractivity (Wildman–Crippen MR) is 69.5 cm³/mol. The second-order valence-electron chi connectivity index (χ2n) is 4.13. The summed E-state index contributed by atoms with van der Waals surface area (Å²) in [6, 6.07) is 5.51. The number of H-pyrrole nitrogens is 1. The monoisotopic (exact) mass is 247 g/mol. The Balaban J connectivity index is 1.88. The highest BCUT2D eigenvalue weighted by Gasteiger charge is 2.06. The lowest BCUT2D eigenvalue weighted by molar-refractivity contribution is 0.0951. The molecule has 0 bridgehead atoms. The molecule has 0 aliphatic heterocycles. The third-order valence-electron chi connectivity index (χ3n) is 2.76. The molecule has 1 aromatic carbocycles. The highest BCUT2D eigenvalue weighted by Crippen LogP contribution is 2.12. The van der Waals surface area contributed by atoms with Crippen molar-refractivity contribution in [2.45, 2.75) is 12.8 Å². The molecule has 5 heteroatoms. The SMILES string of the molecule is COCCCCNC(=O)c1ccc2cn[nH]c2c1. The first-order valence-electron chi connectivity index (χ1n) is 6.01. The normalized spacial score (nSPS) is 10.7. The number of fused-ring (bicyclic) bond motifs is 1. The maximum atomic E-state index is 11.9. The lowest BCUT2D eigenvalue weighted by atomic mass is 10.1. The summed E-state index contributed by atoms with van der Waals surface area (Å²) < 4.78 is 4.95. The van der Waals surface area contributed by atoms with Crippen LogP contribution in [-0.4, -0.2) is 36.4 Å². The molecule has 2 rings (SSSR count). The first-order valence-corrected chi connectivity index (χ1v) is 6.01. The van der Waals surface area contributed by atoms with E-state index in [1.807, 2.05) is 18.2 Å². The van der Waals surface area contributed by atoms with Crippen LogP contribution in [0, 0.1) is 0 Å². The number of ether oxygens (including phenoxy) is 1. The number of nitrogens with one attached hydrogen (secondary N) is 2. The summed E-state index contributed by atoms with van der Waals surface area (Å²) >= 11 is 0. The summed E-state index contributed by atoms with van der Waals surface area (Å²) in [7, 11) is 1.68. The maximum Gasteiger partial charge on any atom is 0.251 e. The molecule has 0 atom stereocenters. The number of methoxy groups -OCH3 is 1. The Kier molecular flexibility index (Phi) is 4.30. The minimum Gasteiger partial charge on any atom is -0.385 e. The minimum absolute atomic E-state index is 0.0519. The number of aromatic nitrogens is 2. The van der Waals surface area contributed by atoms with Gasteiger partial charge >= 0.3 is 0 Å². The topological polar surface area (TPSA) is 67.0 Å². The highest BCUT2D eigenvalue weighted by molar-refractivity contribution is 5.97. The van der Waals surface area contributed by atoms with Crippen molar-refractivity contribution in [3.63, 3.8) is 0 Å². The number of carbonyl (C=O) groups is 1. The van der Waals surface area contributed by atoms with E-state index in [-0.39, 0.29) is 5.91 Å². The Morgan fingerprint density at radius 3 is 3.17 bits per heavy atom. The predicted octanol–water partition coefficient (Wildman–Crippen LogP) is 1.72. The molecular formula is C13H17N3O2.